The molecule has 0 N–H and O–H groups in total. The van der Waals surface area contributed by atoms with Crippen LogP contribution in [0.4, 0.5) is 0 Å². The second kappa shape index (κ2) is 6.98. The lowest BCUT2D eigenvalue weighted by molar-refractivity contribution is 0.0942. The van der Waals surface area contributed by atoms with Gasteiger partial charge in [0.05, 0.1) is 17.7 Å². The predicted molar refractivity (Wildman–Crippen MR) is 85.3 cm³/mol. The summed E-state index contributed by atoms with van der Waals surface area (Å²) in [4.78, 5) is 15.5. The van der Waals surface area contributed by atoms with Gasteiger partial charge in [-0.1, -0.05) is 6.07 Å². The van der Waals surface area contributed by atoms with Gasteiger partial charge in [0.1, 0.15) is 0 Å². The van der Waals surface area contributed by atoms with Gasteiger partial charge in [0.2, 0.25) is 5.88 Å². The van der Waals surface area contributed by atoms with Crippen LogP contribution in [0.3, 0.4) is 0 Å². The largest absolute Gasteiger partial charge is 0.480 e. The third-order valence-corrected chi connectivity index (χ3v) is 4.90. The predicted octanol–water partition coefficient (Wildman–Crippen LogP) is 2.78. The number of aromatic nitrogens is 2. The Morgan fingerprint density at radius 3 is 3.00 bits per heavy atom. The lowest BCUT2D eigenvalue weighted by Gasteiger charge is -2.23. The third kappa shape index (κ3) is 3.51. The minimum Gasteiger partial charge on any atom is -0.480 e. The van der Waals surface area contributed by atoms with Crippen molar-refractivity contribution in [2.75, 3.05) is 13.7 Å². The van der Waals surface area contributed by atoms with Crippen LogP contribution in [-0.4, -0.2) is 40.6 Å². The number of rotatable bonds is 6. The number of thiophene rings is 1. The molecule has 5 nitrogen and oxygen atoms in total. The first kappa shape index (κ1) is 15.1. The maximum absolute atomic E-state index is 12.3. The van der Waals surface area contributed by atoms with Crippen LogP contribution in [0.5, 0.6) is 5.88 Å². The summed E-state index contributed by atoms with van der Waals surface area (Å²) in [7, 11) is 1.58. The maximum Gasteiger partial charge on any atom is 0.233 e. The number of hydrogen-bond donors (Lipinski definition) is 0. The Morgan fingerprint density at radius 1 is 1.41 bits per heavy atom. The van der Waals surface area contributed by atoms with Gasteiger partial charge in [-0.15, -0.1) is 16.4 Å². The molecule has 0 bridgehead atoms. The molecular formula is C16H19N3O2S. The fourth-order valence-corrected chi connectivity index (χ4v) is 3.51. The number of carbonyl (C=O) groups is 1. The summed E-state index contributed by atoms with van der Waals surface area (Å²) in [6.45, 7) is 1.75. The second-order valence-corrected chi connectivity index (χ2v) is 6.39. The Bertz CT molecular complexity index is 613. The van der Waals surface area contributed by atoms with Crippen LogP contribution in [0.15, 0.2) is 29.6 Å². The van der Waals surface area contributed by atoms with Crippen molar-refractivity contribution >= 4 is 17.1 Å². The number of hydrogen-bond acceptors (Lipinski definition) is 6. The molecule has 3 rings (SSSR count). The Kier molecular flexibility index (Phi) is 4.80. The fraction of sp³-hybridized carbons (Fsp3) is 0.438. The molecule has 116 valence electrons. The number of ketones is 1. The van der Waals surface area contributed by atoms with Crippen molar-refractivity contribution in [3.8, 4) is 5.88 Å². The highest BCUT2D eigenvalue weighted by Gasteiger charge is 2.27. The molecule has 1 aliphatic rings. The van der Waals surface area contributed by atoms with Crippen molar-refractivity contribution in [3.05, 3.63) is 40.2 Å². The standard InChI is InChI=1S/C16H19N3O2S/c1-21-16-7-6-12(17-18-16)11-19-8-2-4-13(19)10-14(20)15-5-3-9-22-15/h3,5-7,9,13H,2,4,8,10-11H2,1H3/t13-/m0/s1. The minimum absolute atomic E-state index is 0.243. The zero-order valence-corrected chi connectivity index (χ0v) is 13.4. The van der Waals surface area contributed by atoms with Crippen molar-refractivity contribution < 1.29 is 9.53 Å². The number of carbonyl (C=O) groups excluding carboxylic acids is 1. The fourth-order valence-electron chi connectivity index (χ4n) is 2.84. The summed E-state index contributed by atoms with van der Waals surface area (Å²) >= 11 is 1.52. The maximum atomic E-state index is 12.3. The normalized spacial score (nSPS) is 18.5. The zero-order chi connectivity index (χ0) is 15.4. The van der Waals surface area contributed by atoms with Gasteiger partial charge in [0.15, 0.2) is 5.78 Å². The van der Waals surface area contributed by atoms with Crippen LogP contribution in [0.1, 0.15) is 34.6 Å². The van der Waals surface area contributed by atoms with Gasteiger partial charge in [-0.2, -0.15) is 5.10 Å². The van der Waals surface area contributed by atoms with Crippen LogP contribution < -0.4 is 4.74 Å². The molecule has 0 saturated carbocycles. The molecule has 0 spiro atoms. The van der Waals surface area contributed by atoms with Crippen molar-refractivity contribution in [2.45, 2.75) is 31.8 Å². The number of methoxy groups -OCH3 is 1. The Hall–Kier alpha value is -1.79. The van der Waals surface area contributed by atoms with Crippen molar-refractivity contribution in [1.82, 2.24) is 15.1 Å². The van der Waals surface area contributed by atoms with E-state index in [0.717, 1.165) is 36.5 Å². The smallest absolute Gasteiger partial charge is 0.233 e. The van der Waals surface area contributed by atoms with Gasteiger partial charge in [-0.25, -0.2) is 0 Å². The van der Waals surface area contributed by atoms with Gasteiger partial charge >= 0.3 is 0 Å². The molecule has 0 aromatic carbocycles. The van der Waals surface area contributed by atoms with Crippen LogP contribution in [0.2, 0.25) is 0 Å². The quantitative estimate of drug-likeness (QED) is 0.767. The molecule has 1 aliphatic heterocycles. The topological polar surface area (TPSA) is 55.3 Å². The molecular weight excluding hydrogens is 298 g/mol. The number of nitrogens with zero attached hydrogens (tertiary/aromatic N) is 3. The number of ether oxygens (including phenoxy) is 1. The molecule has 1 atom stereocenters. The molecule has 0 unspecified atom stereocenters. The Balaban J connectivity index is 1.61. The van der Waals surface area contributed by atoms with Crippen LogP contribution in [0, 0.1) is 0 Å². The summed E-state index contributed by atoms with van der Waals surface area (Å²) in [5.74, 6) is 0.766. The Morgan fingerprint density at radius 2 is 2.32 bits per heavy atom. The first-order valence-corrected chi connectivity index (χ1v) is 8.31. The van der Waals surface area contributed by atoms with Gasteiger partial charge in [0, 0.05) is 25.1 Å². The highest BCUT2D eigenvalue weighted by atomic mass is 32.1. The lowest BCUT2D eigenvalue weighted by Crippen LogP contribution is -2.31. The van der Waals surface area contributed by atoms with E-state index >= 15 is 0 Å². The Labute approximate surface area is 133 Å². The average Bonchev–Trinajstić information content (AvgIpc) is 3.20. The van der Waals surface area contributed by atoms with Crippen LogP contribution >= 0.6 is 11.3 Å². The molecule has 1 saturated heterocycles. The number of Topliss-reactive ketones (excluding diaryl/α,β-unsaturated/α-hetero) is 1. The van der Waals surface area contributed by atoms with E-state index < -0.39 is 0 Å². The summed E-state index contributed by atoms with van der Waals surface area (Å²) in [5, 5.41) is 10.1. The van der Waals surface area contributed by atoms with E-state index in [1.54, 1.807) is 7.11 Å². The molecule has 6 heteroatoms. The molecule has 1 fully saturated rings. The lowest BCUT2D eigenvalue weighted by atomic mass is 10.1. The molecule has 2 aromatic rings. The SMILES string of the molecule is COc1ccc(CN2CCC[C@H]2CC(=O)c2cccs2)nn1. The van der Waals surface area contributed by atoms with E-state index in [1.807, 2.05) is 29.6 Å². The highest BCUT2D eigenvalue weighted by Crippen LogP contribution is 2.24. The van der Waals surface area contributed by atoms with Crippen LogP contribution in [-0.2, 0) is 6.54 Å². The van der Waals surface area contributed by atoms with Gasteiger partial charge in [-0.3, -0.25) is 9.69 Å². The van der Waals surface area contributed by atoms with E-state index in [9.17, 15) is 4.79 Å². The van der Waals surface area contributed by atoms with Crippen molar-refractivity contribution in [1.29, 1.82) is 0 Å². The summed E-state index contributed by atoms with van der Waals surface area (Å²) in [6, 6.07) is 7.89. The van der Waals surface area contributed by atoms with Gasteiger partial charge in [0.25, 0.3) is 0 Å². The summed E-state index contributed by atoms with van der Waals surface area (Å²) in [5.41, 5.74) is 0.913. The van der Waals surface area contributed by atoms with E-state index in [-0.39, 0.29) is 5.78 Å². The third-order valence-electron chi connectivity index (χ3n) is 3.99. The molecule has 0 radical (unpaired) electrons. The average molecular weight is 317 g/mol. The zero-order valence-electron chi connectivity index (χ0n) is 12.6. The van der Waals surface area contributed by atoms with Gasteiger partial charge < -0.3 is 4.74 Å². The molecule has 2 aromatic heterocycles. The minimum atomic E-state index is 0.243. The second-order valence-electron chi connectivity index (χ2n) is 5.44. The van der Waals surface area contributed by atoms with E-state index in [0.29, 0.717) is 18.3 Å². The first-order chi connectivity index (χ1) is 10.8. The monoisotopic (exact) mass is 317 g/mol. The first-order valence-electron chi connectivity index (χ1n) is 7.43. The van der Waals surface area contributed by atoms with E-state index in [1.165, 1.54) is 11.3 Å². The van der Waals surface area contributed by atoms with Crippen molar-refractivity contribution in [2.24, 2.45) is 0 Å². The number of likely N-dealkylation sites (tertiary alicyclic amines) is 1. The highest BCUT2D eigenvalue weighted by molar-refractivity contribution is 7.12. The molecule has 0 aliphatic carbocycles. The van der Waals surface area contributed by atoms with Crippen molar-refractivity contribution in [3.63, 3.8) is 0 Å². The molecule has 22 heavy (non-hydrogen) atoms. The van der Waals surface area contributed by atoms with Crippen LogP contribution in [0.25, 0.3) is 0 Å². The molecule has 3 heterocycles. The summed E-state index contributed by atoms with van der Waals surface area (Å²) in [6.07, 6.45) is 2.79. The van der Waals surface area contributed by atoms with E-state index in [4.69, 9.17) is 4.74 Å². The molecule has 0 amide bonds. The van der Waals surface area contributed by atoms with Gasteiger partial charge in [-0.05, 0) is 36.9 Å². The van der Waals surface area contributed by atoms with E-state index in [2.05, 4.69) is 15.1 Å². The summed E-state index contributed by atoms with van der Waals surface area (Å²) < 4.78 is 5.02.